The fourth-order valence-electron chi connectivity index (χ4n) is 3.32. The van der Waals surface area contributed by atoms with Crippen LogP contribution in [-0.2, 0) is 4.79 Å². The molecular formula is C20H23NO5. The number of aliphatic hydroxyl groups is 1. The van der Waals surface area contributed by atoms with Gasteiger partial charge in [0.15, 0.2) is 11.5 Å². The average Bonchev–Trinajstić information content (AvgIpc) is 3.43. The first-order valence-corrected chi connectivity index (χ1v) is 8.37. The molecule has 2 N–H and O–H groups in total. The Kier molecular flexibility index (Phi) is 5.04. The molecule has 1 aliphatic carbocycles. The van der Waals surface area contributed by atoms with Crippen molar-refractivity contribution in [2.75, 3.05) is 33.3 Å². The van der Waals surface area contributed by atoms with Gasteiger partial charge in [-0.05, 0) is 36.2 Å². The topological polar surface area (TPSA) is 77.0 Å². The van der Waals surface area contributed by atoms with Gasteiger partial charge in [0.05, 0.1) is 33.4 Å². The number of hydrogen-bond donors (Lipinski definition) is 2. The molecule has 0 saturated heterocycles. The molecule has 6 nitrogen and oxygen atoms in total. The molecule has 2 atom stereocenters. The third-order valence-corrected chi connectivity index (χ3v) is 4.93. The first-order valence-electron chi connectivity index (χ1n) is 8.37. The van der Waals surface area contributed by atoms with E-state index < -0.39 is 5.41 Å². The molecule has 3 rings (SSSR count). The van der Waals surface area contributed by atoms with Crippen LogP contribution < -0.4 is 19.5 Å². The zero-order valence-corrected chi connectivity index (χ0v) is 15.1. The lowest BCUT2D eigenvalue weighted by atomic mass is 9.98. The first-order chi connectivity index (χ1) is 12.6. The molecule has 0 aliphatic heterocycles. The molecule has 2 aromatic carbocycles. The Hall–Kier alpha value is -2.73. The Morgan fingerprint density at radius 1 is 1.12 bits per heavy atom. The van der Waals surface area contributed by atoms with Crippen molar-refractivity contribution in [3.8, 4) is 17.2 Å². The van der Waals surface area contributed by atoms with Crippen LogP contribution in [0.25, 0.3) is 0 Å². The summed E-state index contributed by atoms with van der Waals surface area (Å²) in [5.41, 5.74) is 0.734. The predicted octanol–water partition coefficient (Wildman–Crippen LogP) is 2.82. The summed E-state index contributed by atoms with van der Waals surface area (Å²) in [7, 11) is 4.65. The largest absolute Gasteiger partial charge is 0.493 e. The number of benzene rings is 2. The van der Waals surface area contributed by atoms with Crippen LogP contribution in [0.1, 0.15) is 17.9 Å². The van der Waals surface area contributed by atoms with E-state index in [9.17, 15) is 9.90 Å². The van der Waals surface area contributed by atoms with Crippen molar-refractivity contribution in [2.45, 2.75) is 12.3 Å². The molecule has 1 amide bonds. The van der Waals surface area contributed by atoms with Gasteiger partial charge in [-0.25, -0.2) is 0 Å². The van der Waals surface area contributed by atoms with Gasteiger partial charge in [0, 0.05) is 11.6 Å². The van der Waals surface area contributed by atoms with E-state index in [4.69, 9.17) is 14.2 Å². The highest BCUT2D eigenvalue weighted by Gasteiger charge is 2.60. The van der Waals surface area contributed by atoms with Gasteiger partial charge in [-0.2, -0.15) is 0 Å². The monoisotopic (exact) mass is 357 g/mol. The van der Waals surface area contributed by atoms with Gasteiger partial charge in [-0.15, -0.1) is 0 Å². The van der Waals surface area contributed by atoms with Crippen LogP contribution in [0.15, 0.2) is 42.5 Å². The summed E-state index contributed by atoms with van der Waals surface area (Å²) in [5, 5.41) is 12.8. The lowest BCUT2D eigenvalue weighted by Crippen LogP contribution is -2.29. The van der Waals surface area contributed by atoms with Crippen molar-refractivity contribution in [3.05, 3.63) is 48.0 Å². The Morgan fingerprint density at radius 3 is 2.23 bits per heavy atom. The molecule has 0 spiro atoms. The summed E-state index contributed by atoms with van der Waals surface area (Å²) in [6, 6.07) is 12.9. The Morgan fingerprint density at radius 2 is 1.73 bits per heavy atom. The third-order valence-electron chi connectivity index (χ3n) is 4.93. The van der Waals surface area contributed by atoms with Crippen LogP contribution in [0.5, 0.6) is 17.2 Å². The number of rotatable bonds is 7. The summed E-state index contributed by atoms with van der Waals surface area (Å²) in [4.78, 5) is 12.8. The van der Waals surface area contributed by atoms with Crippen molar-refractivity contribution < 1.29 is 24.1 Å². The van der Waals surface area contributed by atoms with Crippen molar-refractivity contribution in [2.24, 2.45) is 5.41 Å². The minimum absolute atomic E-state index is 0.120. The predicted molar refractivity (Wildman–Crippen MR) is 98.0 cm³/mol. The average molecular weight is 357 g/mol. The molecule has 0 heterocycles. The van der Waals surface area contributed by atoms with E-state index >= 15 is 0 Å². The highest BCUT2D eigenvalue weighted by molar-refractivity contribution is 5.98. The second-order valence-corrected chi connectivity index (χ2v) is 6.35. The molecule has 0 unspecified atom stereocenters. The lowest BCUT2D eigenvalue weighted by molar-refractivity contribution is -0.122. The van der Waals surface area contributed by atoms with E-state index in [1.807, 2.05) is 42.5 Å². The Balaban J connectivity index is 1.88. The Labute approximate surface area is 152 Å². The molecule has 1 aliphatic rings. The number of para-hydroxylation sites is 1. The molecule has 1 fully saturated rings. The number of ether oxygens (including phenoxy) is 3. The first kappa shape index (κ1) is 18.1. The zero-order chi connectivity index (χ0) is 18.7. The second kappa shape index (κ2) is 7.25. The molecule has 0 aromatic heterocycles. The SMILES string of the molecule is COc1cc([C@@H]2C[C@@]2(CO)C(=O)Nc2ccccc2)cc(OC)c1OC. The van der Waals surface area contributed by atoms with E-state index in [1.165, 1.54) is 0 Å². The molecule has 1 saturated carbocycles. The van der Waals surface area contributed by atoms with Crippen molar-refractivity contribution >= 4 is 11.6 Å². The minimum atomic E-state index is -0.847. The molecular weight excluding hydrogens is 334 g/mol. The minimum Gasteiger partial charge on any atom is -0.493 e. The number of anilines is 1. The van der Waals surface area contributed by atoms with Gasteiger partial charge in [-0.1, -0.05) is 18.2 Å². The third kappa shape index (κ3) is 3.08. The van der Waals surface area contributed by atoms with Gasteiger partial charge >= 0.3 is 0 Å². The van der Waals surface area contributed by atoms with Crippen LogP contribution in [-0.4, -0.2) is 38.9 Å². The van der Waals surface area contributed by atoms with Crippen molar-refractivity contribution in [3.63, 3.8) is 0 Å². The van der Waals surface area contributed by atoms with E-state index in [2.05, 4.69) is 5.32 Å². The smallest absolute Gasteiger partial charge is 0.233 e. The van der Waals surface area contributed by atoms with Crippen LogP contribution in [0.2, 0.25) is 0 Å². The molecule has 2 aromatic rings. The van der Waals surface area contributed by atoms with Crippen LogP contribution >= 0.6 is 0 Å². The maximum Gasteiger partial charge on any atom is 0.233 e. The van der Waals surface area contributed by atoms with Gasteiger partial charge in [-0.3, -0.25) is 4.79 Å². The van der Waals surface area contributed by atoms with Gasteiger partial charge in [0.2, 0.25) is 11.7 Å². The number of hydrogen-bond acceptors (Lipinski definition) is 5. The van der Waals surface area contributed by atoms with E-state index in [-0.39, 0.29) is 18.4 Å². The molecule has 0 radical (unpaired) electrons. The van der Waals surface area contributed by atoms with Crippen molar-refractivity contribution in [1.29, 1.82) is 0 Å². The quantitative estimate of drug-likeness (QED) is 0.797. The summed E-state index contributed by atoms with van der Waals surface area (Å²) >= 11 is 0. The standard InChI is InChI=1S/C20H23NO5/c1-24-16-9-13(10-17(25-2)18(16)26-3)15-11-20(15,12-22)19(23)21-14-7-5-4-6-8-14/h4-10,15,22H,11-12H2,1-3H3,(H,21,23)/t15-,20-/m0/s1. The molecule has 6 heteroatoms. The van der Waals surface area contributed by atoms with Gasteiger partial charge in [0.25, 0.3) is 0 Å². The highest BCUT2D eigenvalue weighted by atomic mass is 16.5. The summed E-state index contributed by atoms with van der Waals surface area (Å²) in [6.07, 6.45) is 0.556. The maximum absolute atomic E-state index is 12.8. The van der Waals surface area contributed by atoms with Crippen LogP contribution in [0.3, 0.4) is 0 Å². The normalized spacial score (nSPS) is 21.0. The summed E-state index contributed by atoms with van der Waals surface area (Å²) in [6.45, 7) is -0.229. The van der Waals surface area contributed by atoms with E-state index in [0.717, 1.165) is 5.56 Å². The van der Waals surface area contributed by atoms with Crippen LogP contribution in [0.4, 0.5) is 5.69 Å². The summed E-state index contributed by atoms with van der Waals surface area (Å²) < 4.78 is 16.1. The lowest BCUT2D eigenvalue weighted by Gasteiger charge is -2.17. The van der Waals surface area contributed by atoms with Gasteiger partial charge in [0.1, 0.15) is 0 Å². The van der Waals surface area contributed by atoms with E-state index in [0.29, 0.717) is 29.4 Å². The zero-order valence-electron chi connectivity index (χ0n) is 15.1. The second-order valence-electron chi connectivity index (χ2n) is 6.35. The number of carbonyl (C=O) groups excluding carboxylic acids is 1. The molecule has 26 heavy (non-hydrogen) atoms. The Bertz CT molecular complexity index is 767. The van der Waals surface area contributed by atoms with Crippen molar-refractivity contribution in [1.82, 2.24) is 0 Å². The van der Waals surface area contributed by atoms with Crippen LogP contribution in [0, 0.1) is 5.41 Å². The highest BCUT2D eigenvalue weighted by Crippen LogP contribution is 2.61. The fourth-order valence-corrected chi connectivity index (χ4v) is 3.32. The number of methoxy groups -OCH3 is 3. The number of aliphatic hydroxyl groups excluding tert-OH is 1. The number of amides is 1. The fraction of sp³-hybridized carbons (Fsp3) is 0.350. The maximum atomic E-state index is 12.8. The summed E-state index contributed by atoms with van der Waals surface area (Å²) in [5.74, 6) is 1.26. The van der Waals surface area contributed by atoms with E-state index in [1.54, 1.807) is 21.3 Å². The number of nitrogens with one attached hydrogen (secondary N) is 1. The molecule has 0 bridgehead atoms. The van der Waals surface area contributed by atoms with Gasteiger partial charge < -0.3 is 24.6 Å². The molecule has 138 valence electrons. The number of carbonyl (C=O) groups is 1.